The van der Waals surface area contributed by atoms with Gasteiger partial charge in [-0.05, 0) is 105 Å². The Labute approximate surface area is 148 Å². The highest BCUT2D eigenvalue weighted by Crippen LogP contribution is 2.67. The maximum Gasteiger partial charge on any atom is 0.0574 e. The third-order valence-corrected chi connectivity index (χ3v) is 9.61. The average molecular weight is 335 g/mol. The fourth-order valence-electron chi connectivity index (χ4n) is 8.27. The number of hydrogen-bond donors (Lipinski definition) is 1. The maximum absolute atomic E-state index is 10.3. The van der Waals surface area contributed by atoms with E-state index in [9.17, 15) is 5.11 Å². The van der Waals surface area contributed by atoms with Gasteiger partial charge in [0.05, 0.1) is 12.2 Å². The Morgan fingerprint density at radius 1 is 0.917 bits per heavy atom. The van der Waals surface area contributed by atoms with Crippen LogP contribution in [0.2, 0.25) is 0 Å². The van der Waals surface area contributed by atoms with E-state index in [0.717, 1.165) is 23.7 Å². The molecule has 138 valence electrons. The van der Waals surface area contributed by atoms with Crippen LogP contribution in [0.3, 0.4) is 0 Å². The van der Waals surface area contributed by atoms with Crippen molar-refractivity contribution >= 4 is 0 Å². The molecule has 24 heavy (non-hydrogen) atoms. The zero-order chi connectivity index (χ0) is 17.1. The topological polar surface area (TPSA) is 29.5 Å². The van der Waals surface area contributed by atoms with Crippen LogP contribution < -0.4 is 0 Å². The van der Waals surface area contributed by atoms with Crippen molar-refractivity contribution in [1.82, 2.24) is 0 Å². The Kier molecular flexibility index (Phi) is 4.32. The molecule has 9 atom stereocenters. The molecule has 4 aliphatic rings. The first-order valence-electron chi connectivity index (χ1n) is 10.6. The van der Waals surface area contributed by atoms with Gasteiger partial charge in [-0.3, -0.25) is 0 Å². The minimum Gasteiger partial charge on any atom is -0.393 e. The molecule has 0 aromatic carbocycles. The average Bonchev–Trinajstić information content (AvgIpc) is 2.91. The molecule has 0 heterocycles. The van der Waals surface area contributed by atoms with Crippen LogP contribution in [-0.4, -0.2) is 24.4 Å². The molecular formula is C22H38O2. The van der Waals surface area contributed by atoms with Gasteiger partial charge in [0.15, 0.2) is 0 Å². The first kappa shape index (κ1) is 17.3. The van der Waals surface area contributed by atoms with Crippen molar-refractivity contribution in [2.75, 3.05) is 7.11 Å². The summed E-state index contributed by atoms with van der Waals surface area (Å²) in [5.74, 6) is 4.15. The summed E-state index contributed by atoms with van der Waals surface area (Å²) in [5.41, 5.74) is 0.963. The van der Waals surface area contributed by atoms with Crippen molar-refractivity contribution in [3.63, 3.8) is 0 Å². The number of methoxy groups -OCH3 is 1. The van der Waals surface area contributed by atoms with Gasteiger partial charge in [0.25, 0.3) is 0 Å². The molecule has 4 fully saturated rings. The Balaban J connectivity index is 1.58. The monoisotopic (exact) mass is 334 g/mol. The molecular weight excluding hydrogens is 296 g/mol. The van der Waals surface area contributed by atoms with Crippen LogP contribution in [0.1, 0.15) is 78.6 Å². The van der Waals surface area contributed by atoms with Crippen molar-refractivity contribution in [3.8, 4) is 0 Å². The largest absolute Gasteiger partial charge is 0.393 e. The molecule has 2 nitrogen and oxygen atoms in total. The zero-order valence-corrected chi connectivity index (χ0v) is 16.3. The first-order valence-corrected chi connectivity index (χ1v) is 10.6. The number of aliphatic hydroxyl groups excluding tert-OH is 1. The minimum absolute atomic E-state index is 0.124. The van der Waals surface area contributed by atoms with Crippen molar-refractivity contribution < 1.29 is 9.84 Å². The predicted molar refractivity (Wildman–Crippen MR) is 97.7 cm³/mol. The van der Waals surface area contributed by atoms with Crippen LogP contribution in [-0.2, 0) is 4.74 Å². The van der Waals surface area contributed by atoms with Gasteiger partial charge in [0.1, 0.15) is 0 Å². The highest BCUT2D eigenvalue weighted by Gasteiger charge is 2.60. The summed E-state index contributed by atoms with van der Waals surface area (Å²) >= 11 is 0. The molecule has 4 rings (SSSR count). The van der Waals surface area contributed by atoms with E-state index < -0.39 is 0 Å². The van der Waals surface area contributed by atoms with Crippen LogP contribution in [0, 0.1) is 40.4 Å². The molecule has 4 saturated carbocycles. The molecule has 4 aliphatic carbocycles. The standard InChI is InChI=1S/C22H38O2/c1-14(23)18-7-8-19-17-6-5-15-13-16(24-4)9-11-21(15,2)20(17)10-12-22(18,19)3/h14-20,23H,5-13H2,1-4H3/t14-,15-,16-,17?,18+,19?,20?,21-,22+/m0/s1. The molecule has 0 saturated heterocycles. The third kappa shape index (κ3) is 2.35. The Hall–Kier alpha value is -0.0800. The molecule has 0 amide bonds. The maximum atomic E-state index is 10.3. The van der Waals surface area contributed by atoms with Gasteiger partial charge in [-0.15, -0.1) is 0 Å². The molecule has 0 spiro atoms. The van der Waals surface area contributed by atoms with Gasteiger partial charge in [-0.1, -0.05) is 13.8 Å². The van der Waals surface area contributed by atoms with Crippen LogP contribution in [0.25, 0.3) is 0 Å². The summed E-state index contributed by atoms with van der Waals surface area (Å²) in [4.78, 5) is 0. The quantitative estimate of drug-likeness (QED) is 0.766. The number of aliphatic hydroxyl groups is 1. The fraction of sp³-hybridized carbons (Fsp3) is 1.00. The van der Waals surface area contributed by atoms with E-state index in [4.69, 9.17) is 4.74 Å². The summed E-state index contributed by atoms with van der Waals surface area (Å²) in [5, 5.41) is 10.3. The van der Waals surface area contributed by atoms with Gasteiger partial charge in [-0.2, -0.15) is 0 Å². The fourth-order valence-corrected chi connectivity index (χ4v) is 8.27. The highest BCUT2D eigenvalue weighted by atomic mass is 16.5. The Morgan fingerprint density at radius 3 is 2.33 bits per heavy atom. The van der Waals surface area contributed by atoms with E-state index in [0.29, 0.717) is 22.9 Å². The Bertz CT molecular complexity index is 475. The second-order valence-electron chi connectivity index (χ2n) is 10.3. The van der Waals surface area contributed by atoms with Gasteiger partial charge in [0.2, 0.25) is 0 Å². The lowest BCUT2D eigenvalue weighted by atomic mass is 9.44. The van der Waals surface area contributed by atoms with Crippen LogP contribution in [0.5, 0.6) is 0 Å². The third-order valence-electron chi connectivity index (χ3n) is 9.61. The second-order valence-corrected chi connectivity index (χ2v) is 10.3. The van der Waals surface area contributed by atoms with E-state index in [1.165, 1.54) is 57.8 Å². The molecule has 0 aromatic heterocycles. The molecule has 0 aliphatic heterocycles. The zero-order valence-electron chi connectivity index (χ0n) is 16.3. The summed E-state index contributed by atoms with van der Waals surface area (Å²) < 4.78 is 5.72. The second kappa shape index (κ2) is 5.98. The highest BCUT2D eigenvalue weighted by molar-refractivity contribution is 5.09. The molecule has 0 radical (unpaired) electrons. The number of fused-ring (bicyclic) bond motifs is 5. The Morgan fingerprint density at radius 2 is 1.62 bits per heavy atom. The SMILES string of the molecule is CO[C@H]1CC[C@]2(C)C3CC[C@@]4(C)C(CC[C@@H]4[C@H](C)O)C3CC[C@H]2C1. The molecule has 2 heteroatoms. The molecule has 0 aromatic rings. The first-order chi connectivity index (χ1) is 11.4. The van der Waals surface area contributed by atoms with Crippen LogP contribution in [0.4, 0.5) is 0 Å². The predicted octanol–water partition coefficient (Wildman–Crippen LogP) is 5.04. The van der Waals surface area contributed by atoms with E-state index in [2.05, 4.69) is 13.8 Å². The minimum atomic E-state index is -0.124. The summed E-state index contributed by atoms with van der Waals surface area (Å²) in [7, 11) is 1.90. The van der Waals surface area contributed by atoms with Gasteiger partial charge in [-0.25, -0.2) is 0 Å². The lowest BCUT2D eigenvalue weighted by molar-refractivity contribution is -0.135. The van der Waals surface area contributed by atoms with Crippen molar-refractivity contribution in [1.29, 1.82) is 0 Å². The van der Waals surface area contributed by atoms with Gasteiger partial charge >= 0.3 is 0 Å². The summed E-state index contributed by atoms with van der Waals surface area (Å²) in [6.45, 7) is 7.19. The smallest absolute Gasteiger partial charge is 0.0574 e. The van der Waals surface area contributed by atoms with Crippen LogP contribution >= 0.6 is 0 Å². The molecule has 1 N–H and O–H groups in total. The van der Waals surface area contributed by atoms with Crippen LogP contribution in [0.15, 0.2) is 0 Å². The van der Waals surface area contributed by atoms with Crippen molar-refractivity contribution in [2.45, 2.75) is 90.8 Å². The number of ether oxygens (including phenoxy) is 1. The van der Waals surface area contributed by atoms with Crippen molar-refractivity contribution in [3.05, 3.63) is 0 Å². The van der Waals surface area contributed by atoms with Gasteiger partial charge < -0.3 is 9.84 Å². The summed E-state index contributed by atoms with van der Waals surface area (Å²) in [6, 6.07) is 0. The van der Waals surface area contributed by atoms with E-state index in [-0.39, 0.29) is 6.10 Å². The summed E-state index contributed by atoms with van der Waals surface area (Å²) in [6.07, 6.45) is 12.6. The number of hydrogen-bond acceptors (Lipinski definition) is 2. The van der Waals surface area contributed by atoms with Gasteiger partial charge in [0, 0.05) is 7.11 Å². The molecule has 3 unspecified atom stereocenters. The molecule has 0 bridgehead atoms. The van der Waals surface area contributed by atoms with E-state index >= 15 is 0 Å². The number of rotatable bonds is 2. The lowest BCUT2D eigenvalue weighted by Gasteiger charge is -2.61. The normalized spacial score (nSPS) is 55.4. The van der Waals surface area contributed by atoms with E-state index in [1.54, 1.807) is 0 Å². The lowest BCUT2D eigenvalue weighted by Crippen LogP contribution is -2.54. The van der Waals surface area contributed by atoms with E-state index in [1.807, 2.05) is 14.0 Å². The van der Waals surface area contributed by atoms with Crippen molar-refractivity contribution in [2.24, 2.45) is 40.4 Å².